The molecule has 1 rings (SSSR count). The van der Waals surface area contributed by atoms with E-state index < -0.39 is 22.4 Å². The Morgan fingerprint density at radius 1 is 1.33 bits per heavy atom. The van der Waals surface area contributed by atoms with Crippen LogP contribution in [-0.2, 0) is 15.0 Å². The van der Waals surface area contributed by atoms with Crippen molar-refractivity contribution in [1.82, 2.24) is 4.31 Å². The molecule has 0 unspecified atom stereocenters. The Hall–Kier alpha value is -0.870. The summed E-state index contributed by atoms with van der Waals surface area (Å²) in [5, 5.41) is 11.9. The summed E-state index contributed by atoms with van der Waals surface area (Å²) in [6.07, 6.45) is -4.14. The van der Waals surface area contributed by atoms with Crippen LogP contribution in [0.2, 0.25) is 0 Å². The normalized spacial score (nSPS) is 17.3. The molecule has 1 heterocycles. The molecule has 1 aliphatic heterocycles. The van der Waals surface area contributed by atoms with E-state index in [0.29, 0.717) is 13.1 Å². The zero-order valence-corrected chi connectivity index (χ0v) is 8.18. The molecule has 0 bridgehead atoms. The molecule has 0 aromatic carbocycles. The molecule has 0 aromatic rings. The minimum Gasteiger partial charge on any atom is -0.475 e. The van der Waals surface area contributed by atoms with Crippen LogP contribution in [-0.4, -0.2) is 43.1 Å². The standard InChI is InChI=1S/C3H8N2O2S.C2HF3O2/c4-8(6,7)5-2-1-3-5;3-2(4,5)1(6)7/h1-3H2,(H2,4,6,7);(H,6,7). The lowest BCUT2D eigenvalue weighted by Crippen LogP contribution is -2.45. The van der Waals surface area contributed by atoms with Crippen molar-refractivity contribution in [1.29, 1.82) is 0 Å². The first kappa shape index (κ1) is 14.1. The lowest BCUT2D eigenvalue weighted by molar-refractivity contribution is -0.192. The lowest BCUT2D eigenvalue weighted by atomic mass is 10.3. The first-order valence-corrected chi connectivity index (χ1v) is 5.13. The van der Waals surface area contributed by atoms with Crippen LogP contribution in [0.3, 0.4) is 0 Å². The number of halogens is 3. The van der Waals surface area contributed by atoms with Gasteiger partial charge in [0.15, 0.2) is 0 Å². The fourth-order valence-electron chi connectivity index (χ4n) is 0.542. The van der Waals surface area contributed by atoms with Gasteiger partial charge in [-0.2, -0.15) is 25.9 Å². The van der Waals surface area contributed by atoms with E-state index in [2.05, 4.69) is 0 Å². The summed E-state index contributed by atoms with van der Waals surface area (Å²) >= 11 is 0. The number of aliphatic carboxylic acids is 1. The Morgan fingerprint density at radius 3 is 1.67 bits per heavy atom. The fraction of sp³-hybridized carbons (Fsp3) is 0.800. The maximum atomic E-state index is 10.6. The first-order valence-electron chi connectivity index (χ1n) is 3.63. The molecule has 0 spiro atoms. The summed E-state index contributed by atoms with van der Waals surface area (Å²) in [6, 6.07) is 0. The number of rotatable bonds is 1. The third-order valence-electron chi connectivity index (χ3n) is 1.42. The van der Waals surface area contributed by atoms with E-state index in [1.807, 2.05) is 0 Å². The number of nitrogens with two attached hydrogens (primary N) is 1. The molecule has 15 heavy (non-hydrogen) atoms. The second kappa shape index (κ2) is 4.77. The quantitative estimate of drug-likeness (QED) is 0.656. The highest BCUT2D eigenvalue weighted by molar-refractivity contribution is 7.86. The highest BCUT2D eigenvalue weighted by atomic mass is 32.2. The molecule has 1 fully saturated rings. The minimum absolute atomic E-state index is 0.596. The number of carbonyl (C=O) groups is 1. The molecule has 0 atom stereocenters. The average Bonchev–Trinajstić information content (AvgIpc) is 1.76. The molecule has 0 aromatic heterocycles. The van der Waals surface area contributed by atoms with Crippen molar-refractivity contribution >= 4 is 16.2 Å². The van der Waals surface area contributed by atoms with Crippen molar-refractivity contribution in [2.45, 2.75) is 12.6 Å². The van der Waals surface area contributed by atoms with Crippen LogP contribution in [0.5, 0.6) is 0 Å². The highest BCUT2D eigenvalue weighted by Gasteiger charge is 2.38. The summed E-state index contributed by atoms with van der Waals surface area (Å²) < 4.78 is 53.6. The number of carboxylic acids is 1. The SMILES string of the molecule is NS(=O)(=O)N1CCC1.O=C(O)C(F)(F)F. The Bertz CT molecular complexity index is 322. The number of carboxylic acid groups (broad SMARTS) is 1. The molecule has 3 N–H and O–H groups in total. The molecule has 0 aliphatic carbocycles. The summed E-state index contributed by atoms with van der Waals surface area (Å²) in [4.78, 5) is 8.90. The van der Waals surface area contributed by atoms with Crippen molar-refractivity contribution in [3.8, 4) is 0 Å². The van der Waals surface area contributed by atoms with Gasteiger partial charge in [-0.05, 0) is 6.42 Å². The molecule has 90 valence electrons. The van der Waals surface area contributed by atoms with Gasteiger partial charge in [-0.15, -0.1) is 0 Å². The number of alkyl halides is 3. The summed E-state index contributed by atoms with van der Waals surface area (Å²) in [5.41, 5.74) is 0. The Labute approximate surface area is 83.6 Å². The van der Waals surface area contributed by atoms with Crippen LogP contribution in [0.15, 0.2) is 0 Å². The molecule has 0 radical (unpaired) electrons. The fourth-order valence-corrected chi connectivity index (χ4v) is 1.31. The van der Waals surface area contributed by atoms with Crippen LogP contribution in [0.4, 0.5) is 13.2 Å². The average molecular weight is 250 g/mol. The summed E-state index contributed by atoms with van der Waals surface area (Å²) in [7, 11) is -3.33. The van der Waals surface area contributed by atoms with Crippen LogP contribution in [0, 0.1) is 0 Å². The van der Waals surface area contributed by atoms with Gasteiger partial charge in [-0.3, -0.25) is 0 Å². The van der Waals surface area contributed by atoms with Gasteiger partial charge in [0.1, 0.15) is 0 Å². The number of hydrogen-bond acceptors (Lipinski definition) is 3. The van der Waals surface area contributed by atoms with Crippen molar-refractivity contribution < 1.29 is 31.5 Å². The zero-order valence-electron chi connectivity index (χ0n) is 7.36. The van der Waals surface area contributed by atoms with Gasteiger partial charge >= 0.3 is 12.1 Å². The Balaban J connectivity index is 0.000000265. The third kappa shape index (κ3) is 5.54. The van der Waals surface area contributed by atoms with Crippen molar-refractivity contribution in [3.63, 3.8) is 0 Å². The molecule has 10 heteroatoms. The van der Waals surface area contributed by atoms with E-state index in [1.165, 1.54) is 4.31 Å². The van der Waals surface area contributed by atoms with E-state index in [1.54, 1.807) is 0 Å². The van der Waals surface area contributed by atoms with Gasteiger partial charge in [0.25, 0.3) is 10.2 Å². The predicted molar refractivity (Wildman–Crippen MR) is 43.0 cm³/mol. The molecule has 6 nitrogen and oxygen atoms in total. The van der Waals surface area contributed by atoms with Crippen LogP contribution in [0.1, 0.15) is 6.42 Å². The van der Waals surface area contributed by atoms with Gasteiger partial charge in [-0.25, -0.2) is 9.93 Å². The largest absolute Gasteiger partial charge is 0.490 e. The Morgan fingerprint density at radius 2 is 1.67 bits per heavy atom. The molecule has 0 amide bonds. The smallest absolute Gasteiger partial charge is 0.475 e. The van der Waals surface area contributed by atoms with Gasteiger partial charge < -0.3 is 5.11 Å². The molecule has 0 saturated carbocycles. The number of nitrogens with zero attached hydrogens (tertiary/aromatic N) is 1. The Kier molecular flexibility index (Phi) is 4.49. The summed E-state index contributed by atoms with van der Waals surface area (Å²) in [5.74, 6) is -2.76. The highest BCUT2D eigenvalue weighted by Crippen LogP contribution is 2.13. The second-order valence-electron chi connectivity index (χ2n) is 2.60. The predicted octanol–water partition coefficient (Wildman–Crippen LogP) is -0.471. The second-order valence-corrected chi connectivity index (χ2v) is 4.15. The minimum atomic E-state index is -5.08. The van der Waals surface area contributed by atoms with E-state index in [0.717, 1.165) is 6.42 Å². The van der Waals surface area contributed by atoms with Crippen LogP contribution >= 0.6 is 0 Å². The van der Waals surface area contributed by atoms with Crippen molar-refractivity contribution in [2.24, 2.45) is 5.14 Å². The zero-order chi connectivity index (χ0) is 12.3. The van der Waals surface area contributed by atoms with Gasteiger partial charge in [0.2, 0.25) is 0 Å². The van der Waals surface area contributed by atoms with E-state index in [9.17, 15) is 21.6 Å². The molecular weight excluding hydrogens is 241 g/mol. The van der Waals surface area contributed by atoms with Gasteiger partial charge in [-0.1, -0.05) is 0 Å². The maximum absolute atomic E-state index is 10.6. The van der Waals surface area contributed by atoms with Gasteiger partial charge in [0.05, 0.1) is 0 Å². The van der Waals surface area contributed by atoms with Crippen molar-refractivity contribution in [3.05, 3.63) is 0 Å². The molecular formula is C5H9F3N2O4S. The number of hydrogen-bond donors (Lipinski definition) is 2. The topological polar surface area (TPSA) is 101 Å². The molecule has 1 saturated heterocycles. The van der Waals surface area contributed by atoms with E-state index >= 15 is 0 Å². The van der Waals surface area contributed by atoms with Crippen LogP contribution in [0.25, 0.3) is 0 Å². The lowest BCUT2D eigenvalue weighted by Gasteiger charge is -2.26. The van der Waals surface area contributed by atoms with Gasteiger partial charge in [0, 0.05) is 13.1 Å². The van der Waals surface area contributed by atoms with Crippen LogP contribution < -0.4 is 5.14 Å². The maximum Gasteiger partial charge on any atom is 0.490 e. The van der Waals surface area contributed by atoms with E-state index in [4.69, 9.17) is 15.0 Å². The first-order chi connectivity index (χ1) is 6.55. The van der Waals surface area contributed by atoms with E-state index in [-0.39, 0.29) is 0 Å². The van der Waals surface area contributed by atoms with Crippen molar-refractivity contribution in [2.75, 3.05) is 13.1 Å². The monoisotopic (exact) mass is 250 g/mol. The summed E-state index contributed by atoms with van der Waals surface area (Å²) in [6.45, 7) is 1.19. The molecule has 1 aliphatic rings. The third-order valence-corrected chi connectivity index (χ3v) is 2.50.